The first kappa shape index (κ1) is 19.3. The van der Waals surface area contributed by atoms with Crippen LogP contribution in [0.1, 0.15) is 42.7 Å². The number of nitrogens with zero attached hydrogens (tertiary/aromatic N) is 1. The van der Waals surface area contributed by atoms with Crippen LogP contribution in [-0.4, -0.2) is 43.1 Å². The third kappa shape index (κ3) is 4.70. The number of ether oxygens (including phenoxy) is 2. The third-order valence-electron chi connectivity index (χ3n) is 5.52. The van der Waals surface area contributed by atoms with E-state index in [1.54, 1.807) is 0 Å². The average Bonchev–Trinajstić information content (AvgIpc) is 3.22. The lowest BCUT2D eigenvalue weighted by Gasteiger charge is -2.26. The van der Waals surface area contributed by atoms with Crippen molar-refractivity contribution >= 4 is 11.8 Å². The van der Waals surface area contributed by atoms with E-state index in [0.717, 1.165) is 36.3 Å². The largest absolute Gasteiger partial charge is 0.454 e. The summed E-state index contributed by atoms with van der Waals surface area (Å²) in [5.74, 6) is 1.53. The van der Waals surface area contributed by atoms with Gasteiger partial charge in [0.05, 0.1) is 0 Å². The van der Waals surface area contributed by atoms with Gasteiger partial charge in [0, 0.05) is 38.4 Å². The van der Waals surface area contributed by atoms with Crippen LogP contribution in [-0.2, 0) is 9.59 Å². The molecule has 4 rings (SSSR count). The molecule has 0 spiro atoms. The smallest absolute Gasteiger partial charge is 0.231 e. The number of carbonyl (C=O) groups is 2. The second-order valence-corrected chi connectivity index (χ2v) is 7.47. The Bertz CT molecular complexity index is 868. The lowest BCUT2D eigenvalue weighted by molar-refractivity contribution is -0.133. The van der Waals surface area contributed by atoms with E-state index in [9.17, 15) is 9.59 Å². The quantitative estimate of drug-likeness (QED) is 0.784. The highest BCUT2D eigenvalue weighted by Gasteiger charge is 2.22. The second-order valence-electron chi connectivity index (χ2n) is 7.47. The molecule has 1 saturated heterocycles. The number of piperidine rings is 1. The molecule has 29 heavy (non-hydrogen) atoms. The minimum atomic E-state index is -0.0812. The third-order valence-corrected chi connectivity index (χ3v) is 5.52. The maximum absolute atomic E-state index is 12.7. The van der Waals surface area contributed by atoms with E-state index in [-0.39, 0.29) is 24.5 Å². The molecule has 1 fully saturated rings. The van der Waals surface area contributed by atoms with Gasteiger partial charge in [-0.05, 0) is 36.1 Å². The van der Waals surface area contributed by atoms with Crippen molar-refractivity contribution in [3.05, 3.63) is 59.7 Å². The van der Waals surface area contributed by atoms with Crippen LogP contribution in [0.3, 0.4) is 0 Å². The normalized spacial score (nSPS) is 16.6. The summed E-state index contributed by atoms with van der Waals surface area (Å²) in [6, 6.07) is 15.8. The van der Waals surface area contributed by atoms with Gasteiger partial charge in [-0.15, -0.1) is 0 Å². The minimum Gasteiger partial charge on any atom is -0.454 e. The number of nitrogens with one attached hydrogen (secondary N) is 1. The van der Waals surface area contributed by atoms with Gasteiger partial charge in [0.15, 0.2) is 11.5 Å². The van der Waals surface area contributed by atoms with Gasteiger partial charge in [0.2, 0.25) is 18.6 Å². The molecule has 0 saturated carbocycles. The fraction of sp³-hybridized carbons (Fsp3) is 0.391. The molecular weight excluding hydrogens is 368 g/mol. The van der Waals surface area contributed by atoms with Gasteiger partial charge in [0.25, 0.3) is 0 Å². The van der Waals surface area contributed by atoms with Gasteiger partial charge in [-0.25, -0.2) is 0 Å². The Morgan fingerprint density at radius 1 is 1.03 bits per heavy atom. The molecule has 2 aromatic rings. The summed E-state index contributed by atoms with van der Waals surface area (Å²) in [6.45, 7) is 2.07. The number of amides is 2. The van der Waals surface area contributed by atoms with Crippen molar-refractivity contribution in [2.45, 2.75) is 31.6 Å². The van der Waals surface area contributed by atoms with Gasteiger partial charge in [0.1, 0.15) is 0 Å². The van der Waals surface area contributed by atoms with Crippen molar-refractivity contribution in [1.29, 1.82) is 0 Å². The molecule has 0 aromatic heterocycles. The van der Waals surface area contributed by atoms with Crippen LogP contribution in [0, 0.1) is 0 Å². The molecule has 2 aliphatic heterocycles. The second kappa shape index (κ2) is 8.99. The topological polar surface area (TPSA) is 67.9 Å². The van der Waals surface area contributed by atoms with Crippen LogP contribution in [0.5, 0.6) is 11.5 Å². The van der Waals surface area contributed by atoms with E-state index in [1.807, 2.05) is 53.4 Å². The molecule has 6 nitrogen and oxygen atoms in total. The maximum Gasteiger partial charge on any atom is 0.231 e. The summed E-state index contributed by atoms with van der Waals surface area (Å²) >= 11 is 0. The monoisotopic (exact) mass is 394 g/mol. The number of likely N-dealkylation sites (tertiary alicyclic amines) is 1. The molecule has 2 aliphatic rings. The van der Waals surface area contributed by atoms with E-state index in [0.29, 0.717) is 31.7 Å². The number of hydrogen-bond acceptors (Lipinski definition) is 4. The molecule has 2 aromatic carbocycles. The molecule has 0 unspecified atom stereocenters. The molecule has 2 heterocycles. The molecular formula is C23H26N2O4. The zero-order chi connectivity index (χ0) is 20.1. The van der Waals surface area contributed by atoms with Gasteiger partial charge >= 0.3 is 0 Å². The number of benzene rings is 2. The van der Waals surface area contributed by atoms with Gasteiger partial charge in [-0.3, -0.25) is 9.59 Å². The number of fused-ring (bicyclic) bond motifs is 1. The van der Waals surface area contributed by atoms with Crippen LogP contribution in [0.15, 0.2) is 48.5 Å². The molecule has 2 amide bonds. The zero-order valence-electron chi connectivity index (χ0n) is 16.4. The van der Waals surface area contributed by atoms with Gasteiger partial charge in [-0.1, -0.05) is 36.4 Å². The summed E-state index contributed by atoms with van der Waals surface area (Å²) in [5, 5.41) is 2.98. The Labute approximate surface area is 170 Å². The molecule has 1 N–H and O–H groups in total. The Morgan fingerprint density at radius 2 is 1.86 bits per heavy atom. The van der Waals surface area contributed by atoms with Crippen LogP contribution < -0.4 is 14.8 Å². The zero-order valence-corrected chi connectivity index (χ0v) is 16.4. The van der Waals surface area contributed by atoms with Crippen LogP contribution in [0.25, 0.3) is 0 Å². The van der Waals surface area contributed by atoms with Crippen molar-refractivity contribution < 1.29 is 19.1 Å². The summed E-state index contributed by atoms with van der Waals surface area (Å²) in [7, 11) is 0. The van der Waals surface area contributed by atoms with Crippen LogP contribution in [0.4, 0.5) is 0 Å². The summed E-state index contributed by atoms with van der Waals surface area (Å²) in [5.41, 5.74) is 2.09. The van der Waals surface area contributed by atoms with Gasteiger partial charge in [-0.2, -0.15) is 0 Å². The maximum atomic E-state index is 12.7. The van der Waals surface area contributed by atoms with Crippen LogP contribution >= 0.6 is 0 Å². The van der Waals surface area contributed by atoms with E-state index in [2.05, 4.69) is 5.32 Å². The lowest BCUT2D eigenvalue weighted by atomic mass is 9.88. The Balaban J connectivity index is 1.41. The Hall–Kier alpha value is -3.02. The van der Waals surface area contributed by atoms with E-state index in [1.165, 1.54) is 0 Å². The molecule has 0 aliphatic carbocycles. The standard InChI is InChI=1S/C23H26N2O4/c26-22(24-11-13-25-12-5-4-8-23(25)27)15-19(17-6-2-1-3-7-17)18-9-10-20-21(14-18)29-16-28-20/h1-3,6-7,9-10,14,19H,4-5,8,11-13,15-16H2,(H,24,26)/t19-/m0/s1. The van der Waals surface area contributed by atoms with E-state index < -0.39 is 0 Å². The van der Waals surface area contributed by atoms with E-state index in [4.69, 9.17) is 9.47 Å². The predicted octanol–water partition coefficient (Wildman–Crippen LogP) is 3.07. The first-order valence-corrected chi connectivity index (χ1v) is 10.2. The van der Waals surface area contributed by atoms with Crippen molar-refractivity contribution in [1.82, 2.24) is 10.2 Å². The average molecular weight is 394 g/mol. The van der Waals surface area contributed by atoms with Crippen molar-refractivity contribution in [2.75, 3.05) is 26.4 Å². The number of hydrogen-bond donors (Lipinski definition) is 1. The predicted molar refractivity (Wildman–Crippen MR) is 109 cm³/mol. The highest BCUT2D eigenvalue weighted by atomic mass is 16.7. The molecule has 0 radical (unpaired) electrons. The molecule has 1 atom stereocenters. The fourth-order valence-electron chi connectivity index (χ4n) is 3.93. The van der Waals surface area contributed by atoms with Crippen LogP contribution in [0.2, 0.25) is 0 Å². The van der Waals surface area contributed by atoms with E-state index >= 15 is 0 Å². The minimum absolute atomic E-state index is 0.0269. The van der Waals surface area contributed by atoms with Crippen molar-refractivity contribution in [3.63, 3.8) is 0 Å². The summed E-state index contributed by atoms with van der Waals surface area (Å²) in [4.78, 5) is 26.4. The molecule has 6 heteroatoms. The van der Waals surface area contributed by atoms with Crippen molar-refractivity contribution in [2.24, 2.45) is 0 Å². The highest BCUT2D eigenvalue weighted by molar-refractivity contribution is 5.78. The highest BCUT2D eigenvalue weighted by Crippen LogP contribution is 2.37. The fourth-order valence-corrected chi connectivity index (χ4v) is 3.93. The Kier molecular flexibility index (Phi) is 5.98. The molecule has 152 valence electrons. The molecule has 0 bridgehead atoms. The summed E-state index contributed by atoms with van der Waals surface area (Å²) in [6.07, 6.45) is 2.96. The lowest BCUT2D eigenvalue weighted by Crippen LogP contribution is -2.41. The number of rotatable bonds is 7. The van der Waals surface area contributed by atoms with Crippen molar-refractivity contribution in [3.8, 4) is 11.5 Å². The summed E-state index contributed by atoms with van der Waals surface area (Å²) < 4.78 is 10.9. The van der Waals surface area contributed by atoms with Gasteiger partial charge < -0.3 is 19.7 Å². The SMILES string of the molecule is O=C(C[C@@H](c1ccccc1)c1ccc2c(c1)OCO2)NCCN1CCCCC1=O. The first-order chi connectivity index (χ1) is 14.2. The number of carbonyl (C=O) groups excluding carboxylic acids is 2. The first-order valence-electron chi connectivity index (χ1n) is 10.2. The Morgan fingerprint density at radius 3 is 2.69 bits per heavy atom.